The summed E-state index contributed by atoms with van der Waals surface area (Å²) in [5, 5.41) is 3.12. The molecule has 2 aromatic rings. The number of aliphatic imine (C=N–C) groups is 1. The molecular formula is C28H32FN5O. The standard InChI is InChI=1S/C28H32FN5O/c1-3-25-27(34-13-12-20(2)18-26(34)31-25)28(35)30-19-21-4-8-23(9-5-21)32-14-16-33(17-15-32)24-10-6-22(29)7-11-24/h4-13,18,25,27H,3,14-17,19H2,1-2H3,(H,30,35). The van der Waals surface area contributed by atoms with Crippen molar-refractivity contribution in [1.29, 1.82) is 0 Å². The summed E-state index contributed by atoms with van der Waals surface area (Å²) in [5.41, 5.74) is 4.46. The van der Waals surface area contributed by atoms with Gasteiger partial charge in [-0.05, 0) is 73.0 Å². The third-order valence-corrected chi connectivity index (χ3v) is 7.01. The molecule has 2 aromatic carbocycles. The highest BCUT2D eigenvalue weighted by Gasteiger charge is 2.39. The average molecular weight is 474 g/mol. The molecule has 1 amide bonds. The van der Waals surface area contributed by atoms with Gasteiger partial charge in [-0.2, -0.15) is 0 Å². The van der Waals surface area contributed by atoms with Gasteiger partial charge in [-0.1, -0.05) is 19.1 Å². The van der Waals surface area contributed by atoms with Gasteiger partial charge in [0.25, 0.3) is 0 Å². The van der Waals surface area contributed by atoms with Crippen LogP contribution in [0.1, 0.15) is 25.8 Å². The van der Waals surface area contributed by atoms with Gasteiger partial charge in [0, 0.05) is 50.3 Å². The second-order valence-electron chi connectivity index (χ2n) is 9.35. The molecule has 1 N–H and O–H groups in total. The minimum Gasteiger partial charge on any atom is -0.368 e. The summed E-state index contributed by atoms with van der Waals surface area (Å²) >= 11 is 0. The number of amidine groups is 1. The van der Waals surface area contributed by atoms with Crippen LogP contribution in [-0.4, -0.2) is 54.9 Å². The topological polar surface area (TPSA) is 51.2 Å². The van der Waals surface area contributed by atoms with E-state index in [-0.39, 0.29) is 23.8 Å². The number of amides is 1. The van der Waals surface area contributed by atoms with Crippen LogP contribution in [-0.2, 0) is 11.3 Å². The Hall–Kier alpha value is -3.61. The van der Waals surface area contributed by atoms with E-state index in [0.717, 1.165) is 55.3 Å². The summed E-state index contributed by atoms with van der Waals surface area (Å²) in [6.45, 7) is 8.22. The highest BCUT2D eigenvalue weighted by atomic mass is 19.1. The zero-order valence-corrected chi connectivity index (χ0v) is 20.3. The molecule has 3 aliphatic heterocycles. The molecule has 2 unspecified atom stereocenters. The number of rotatable bonds is 6. The number of nitrogens with one attached hydrogen (secondary N) is 1. The Balaban J connectivity index is 1.14. The molecule has 3 aliphatic rings. The van der Waals surface area contributed by atoms with Crippen molar-refractivity contribution in [2.24, 2.45) is 4.99 Å². The molecule has 6 nitrogen and oxygen atoms in total. The number of halogens is 1. The normalized spacial score (nSPS) is 21.5. The van der Waals surface area contributed by atoms with Gasteiger partial charge >= 0.3 is 0 Å². The van der Waals surface area contributed by atoms with Crippen LogP contribution in [0.2, 0.25) is 0 Å². The van der Waals surface area contributed by atoms with E-state index < -0.39 is 0 Å². The van der Waals surface area contributed by atoms with Crippen LogP contribution in [0.15, 0.2) is 77.4 Å². The van der Waals surface area contributed by atoms with E-state index in [1.54, 1.807) is 0 Å². The second-order valence-corrected chi connectivity index (χ2v) is 9.35. The number of carbonyl (C=O) groups excluding carboxylic acids is 1. The van der Waals surface area contributed by atoms with Gasteiger partial charge in [0.15, 0.2) is 0 Å². The van der Waals surface area contributed by atoms with Crippen molar-refractivity contribution in [3.63, 3.8) is 0 Å². The Morgan fingerprint density at radius 2 is 1.60 bits per heavy atom. The third kappa shape index (κ3) is 4.94. The molecule has 7 heteroatoms. The van der Waals surface area contributed by atoms with Gasteiger partial charge < -0.3 is 20.0 Å². The molecular weight excluding hydrogens is 441 g/mol. The second kappa shape index (κ2) is 9.94. The monoisotopic (exact) mass is 473 g/mol. The van der Waals surface area contributed by atoms with Crippen molar-refractivity contribution in [3.8, 4) is 0 Å². The van der Waals surface area contributed by atoms with E-state index in [0.29, 0.717) is 6.54 Å². The molecule has 1 fully saturated rings. The highest BCUT2D eigenvalue weighted by Crippen LogP contribution is 2.26. The van der Waals surface area contributed by atoms with Crippen molar-refractivity contribution in [2.45, 2.75) is 38.9 Å². The lowest BCUT2D eigenvalue weighted by Gasteiger charge is -2.37. The highest BCUT2D eigenvalue weighted by molar-refractivity contribution is 6.01. The molecule has 5 rings (SSSR count). The molecule has 2 atom stereocenters. The Morgan fingerprint density at radius 1 is 1.00 bits per heavy atom. The number of anilines is 2. The maximum atomic E-state index is 13.2. The fraction of sp³-hybridized carbons (Fsp3) is 0.357. The first-order chi connectivity index (χ1) is 17.0. The summed E-state index contributed by atoms with van der Waals surface area (Å²) in [6, 6.07) is 14.8. The van der Waals surface area contributed by atoms with E-state index in [1.165, 1.54) is 17.8 Å². The number of nitrogens with zero attached hydrogens (tertiary/aromatic N) is 4. The summed E-state index contributed by atoms with van der Waals surface area (Å²) in [7, 11) is 0. The van der Waals surface area contributed by atoms with E-state index >= 15 is 0 Å². The van der Waals surface area contributed by atoms with Crippen LogP contribution in [0, 0.1) is 5.82 Å². The summed E-state index contributed by atoms with van der Waals surface area (Å²) in [4.78, 5) is 24.5. The van der Waals surface area contributed by atoms with Gasteiger partial charge in [-0.25, -0.2) is 4.39 Å². The van der Waals surface area contributed by atoms with E-state index in [4.69, 9.17) is 4.99 Å². The molecule has 0 radical (unpaired) electrons. The first-order valence-corrected chi connectivity index (χ1v) is 12.4. The lowest BCUT2D eigenvalue weighted by molar-refractivity contribution is -0.124. The first-order valence-electron chi connectivity index (χ1n) is 12.4. The first kappa shape index (κ1) is 23.1. The van der Waals surface area contributed by atoms with E-state index in [9.17, 15) is 9.18 Å². The minimum atomic E-state index is -0.299. The Bertz CT molecular complexity index is 1150. The van der Waals surface area contributed by atoms with Gasteiger partial charge in [-0.3, -0.25) is 9.79 Å². The number of fused-ring (bicyclic) bond motifs is 1. The molecule has 0 aromatic heterocycles. The zero-order valence-electron chi connectivity index (χ0n) is 20.3. The molecule has 0 spiro atoms. The van der Waals surface area contributed by atoms with Crippen LogP contribution < -0.4 is 15.1 Å². The van der Waals surface area contributed by atoms with Crippen molar-refractivity contribution in [3.05, 3.63) is 83.8 Å². The maximum absolute atomic E-state index is 13.2. The Labute approximate surface area is 206 Å². The summed E-state index contributed by atoms with van der Waals surface area (Å²) in [6.07, 6.45) is 6.85. The summed E-state index contributed by atoms with van der Waals surface area (Å²) in [5.74, 6) is 0.681. The smallest absolute Gasteiger partial charge is 0.245 e. The summed E-state index contributed by atoms with van der Waals surface area (Å²) < 4.78 is 13.2. The predicted molar refractivity (Wildman–Crippen MR) is 139 cm³/mol. The number of piperazine rings is 1. The molecule has 0 aliphatic carbocycles. The number of allylic oxidation sites excluding steroid dienone is 2. The molecule has 35 heavy (non-hydrogen) atoms. The fourth-order valence-corrected chi connectivity index (χ4v) is 4.97. The van der Waals surface area contributed by atoms with E-state index in [1.807, 2.05) is 42.3 Å². The zero-order chi connectivity index (χ0) is 24.4. The number of hydrogen-bond acceptors (Lipinski definition) is 5. The lowest BCUT2D eigenvalue weighted by atomic mass is 10.0. The Morgan fingerprint density at radius 3 is 2.20 bits per heavy atom. The average Bonchev–Trinajstić information content (AvgIpc) is 3.26. The number of hydrogen-bond donors (Lipinski definition) is 1. The largest absolute Gasteiger partial charge is 0.368 e. The van der Waals surface area contributed by atoms with Gasteiger partial charge in [0.05, 0.1) is 6.04 Å². The predicted octanol–water partition coefficient (Wildman–Crippen LogP) is 4.10. The maximum Gasteiger partial charge on any atom is 0.245 e. The van der Waals surface area contributed by atoms with Gasteiger partial charge in [0.1, 0.15) is 17.7 Å². The molecule has 0 saturated carbocycles. The van der Waals surface area contributed by atoms with Crippen LogP contribution >= 0.6 is 0 Å². The van der Waals surface area contributed by atoms with Crippen LogP contribution in [0.5, 0.6) is 0 Å². The fourth-order valence-electron chi connectivity index (χ4n) is 4.97. The van der Waals surface area contributed by atoms with Crippen LogP contribution in [0.25, 0.3) is 0 Å². The van der Waals surface area contributed by atoms with Crippen molar-refractivity contribution in [2.75, 3.05) is 36.0 Å². The van der Waals surface area contributed by atoms with Crippen molar-refractivity contribution < 1.29 is 9.18 Å². The van der Waals surface area contributed by atoms with Crippen molar-refractivity contribution >= 4 is 23.1 Å². The number of benzene rings is 2. The molecule has 3 heterocycles. The minimum absolute atomic E-state index is 0.00851. The van der Waals surface area contributed by atoms with Crippen molar-refractivity contribution in [1.82, 2.24) is 10.2 Å². The molecule has 182 valence electrons. The number of carbonyl (C=O) groups is 1. The van der Waals surface area contributed by atoms with Crippen LogP contribution in [0.3, 0.4) is 0 Å². The van der Waals surface area contributed by atoms with Gasteiger partial charge in [-0.15, -0.1) is 0 Å². The molecule has 0 bridgehead atoms. The van der Waals surface area contributed by atoms with Gasteiger partial charge in [0.2, 0.25) is 5.91 Å². The molecule has 1 saturated heterocycles. The third-order valence-electron chi connectivity index (χ3n) is 7.01. The van der Waals surface area contributed by atoms with E-state index in [2.05, 4.69) is 46.3 Å². The lowest BCUT2D eigenvalue weighted by Crippen LogP contribution is -2.48. The quantitative estimate of drug-likeness (QED) is 0.686. The van der Waals surface area contributed by atoms with Crippen LogP contribution in [0.4, 0.5) is 15.8 Å². The SMILES string of the molecule is CCC1N=C2C=C(C)C=CN2C1C(=O)NCc1ccc(N2CCN(c3ccc(F)cc3)CC2)cc1. The Kier molecular flexibility index (Phi) is 6.57.